The fraction of sp³-hybridized carbons (Fsp3) is 0.500. The molecule has 3 rings (SSSR count). The van der Waals surface area contributed by atoms with E-state index in [1.54, 1.807) is 0 Å². The number of aromatic nitrogens is 3. The summed E-state index contributed by atoms with van der Waals surface area (Å²) in [6, 6.07) is 4.06. The monoisotopic (exact) mass is 286 g/mol. The first-order valence-corrected chi connectivity index (χ1v) is 7.62. The molecule has 2 aromatic rings. The van der Waals surface area contributed by atoms with E-state index in [4.69, 9.17) is 4.74 Å². The van der Waals surface area contributed by atoms with Crippen molar-refractivity contribution in [3.8, 4) is 5.88 Å². The fourth-order valence-corrected chi connectivity index (χ4v) is 2.70. The van der Waals surface area contributed by atoms with Crippen molar-refractivity contribution in [3.05, 3.63) is 41.3 Å². The summed E-state index contributed by atoms with van der Waals surface area (Å²) in [7, 11) is 0. The van der Waals surface area contributed by atoms with Crippen molar-refractivity contribution in [1.82, 2.24) is 20.5 Å². The molecular formula is C16H22N4O. The first kappa shape index (κ1) is 14.1. The van der Waals surface area contributed by atoms with Crippen LogP contribution in [-0.4, -0.2) is 21.3 Å². The second-order valence-electron chi connectivity index (χ2n) is 5.65. The molecule has 0 spiro atoms. The lowest BCUT2D eigenvalue weighted by molar-refractivity contribution is 0.201. The first-order chi connectivity index (χ1) is 10.3. The molecule has 2 N–H and O–H groups in total. The zero-order valence-electron chi connectivity index (χ0n) is 12.4. The zero-order chi connectivity index (χ0) is 14.5. The van der Waals surface area contributed by atoms with Crippen LogP contribution >= 0.6 is 0 Å². The Morgan fingerprint density at radius 3 is 2.95 bits per heavy atom. The van der Waals surface area contributed by atoms with Gasteiger partial charge in [0.15, 0.2) is 0 Å². The summed E-state index contributed by atoms with van der Waals surface area (Å²) in [6.07, 6.45) is 8.91. The number of hydrogen-bond acceptors (Lipinski definition) is 4. The van der Waals surface area contributed by atoms with E-state index in [2.05, 4.69) is 20.5 Å². The van der Waals surface area contributed by atoms with Crippen LogP contribution in [0.5, 0.6) is 5.88 Å². The summed E-state index contributed by atoms with van der Waals surface area (Å²) in [4.78, 5) is 4.31. The van der Waals surface area contributed by atoms with Crippen LogP contribution in [0, 0.1) is 6.92 Å². The quantitative estimate of drug-likeness (QED) is 0.857. The number of hydrogen-bond donors (Lipinski definition) is 2. The maximum atomic E-state index is 5.93. The Kier molecular flexibility index (Phi) is 4.50. The minimum atomic E-state index is 0.356. The molecule has 0 radical (unpaired) electrons. The van der Waals surface area contributed by atoms with Crippen molar-refractivity contribution in [3.63, 3.8) is 0 Å². The van der Waals surface area contributed by atoms with Gasteiger partial charge in [0, 0.05) is 36.6 Å². The Morgan fingerprint density at radius 2 is 2.19 bits per heavy atom. The lowest BCUT2D eigenvalue weighted by Crippen LogP contribution is -2.14. The number of nitrogens with one attached hydrogen (secondary N) is 2. The van der Waals surface area contributed by atoms with Crippen LogP contribution in [0.2, 0.25) is 0 Å². The van der Waals surface area contributed by atoms with E-state index in [1.165, 1.54) is 24.0 Å². The van der Waals surface area contributed by atoms with E-state index >= 15 is 0 Å². The van der Waals surface area contributed by atoms with Gasteiger partial charge in [-0.3, -0.25) is 5.10 Å². The van der Waals surface area contributed by atoms with Crippen LogP contribution in [0.3, 0.4) is 0 Å². The highest BCUT2D eigenvalue weighted by molar-refractivity contribution is 5.21. The first-order valence-electron chi connectivity index (χ1n) is 7.62. The van der Waals surface area contributed by atoms with Crippen LogP contribution in [0.1, 0.15) is 42.5 Å². The fourth-order valence-electron chi connectivity index (χ4n) is 2.70. The predicted molar refractivity (Wildman–Crippen MR) is 81.0 cm³/mol. The van der Waals surface area contributed by atoms with E-state index in [0.717, 1.165) is 37.5 Å². The molecule has 5 nitrogen and oxygen atoms in total. The molecule has 5 heteroatoms. The molecule has 2 aromatic heterocycles. The second kappa shape index (κ2) is 6.72. The Balaban J connectivity index is 1.52. The highest BCUT2D eigenvalue weighted by Gasteiger charge is 2.16. The molecule has 1 fully saturated rings. The summed E-state index contributed by atoms with van der Waals surface area (Å²) in [5, 5.41) is 10.4. The van der Waals surface area contributed by atoms with Gasteiger partial charge in [-0.05, 0) is 44.2 Å². The van der Waals surface area contributed by atoms with Gasteiger partial charge in [-0.1, -0.05) is 0 Å². The van der Waals surface area contributed by atoms with Crippen molar-refractivity contribution in [2.24, 2.45) is 0 Å². The molecule has 0 aromatic carbocycles. The van der Waals surface area contributed by atoms with Gasteiger partial charge in [-0.25, -0.2) is 4.98 Å². The molecule has 0 saturated heterocycles. The van der Waals surface area contributed by atoms with E-state index in [0.29, 0.717) is 6.10 Å². The van der Waals surface area contributed by atoms with Gasteiger partial charge >= 0.3 is 0 Å². The Morgan fingerprint density at radius 1 is 1.33 bits per heavy atom. The van der Waals surface area contributed by atoms with Crippen LogP contribution in [0.4, 0.5) is 0 Å². The SMILES string of the molecule is Cc1[nH]ncc1CNCc1ccnc(OC2CCCC2)c1. The van der Waals surface area contributed by atoms with E-state index < -0.39 is 0 Å². The number of ether oxygens (including phenoxy) is 1. The van der Waals surface area contributed by atoms with Crippen molar-refractivity contribution in [2.75, 3.05) is 0 Å². The number of nitrogens with zero attached hydrogens (tertiary/aromatic N) is 2. The third-order valence-corrected chi connectivity index (χ3v) is 3.97. The summed E-state index contributed by atoms with van der Waals surface area (Å²) in [5.41, 5.74) is 3.51. The minimum absolute atomic E-state index is 0.356. The normalized spacial score (nSPS) is 15.5. The standard InChI is InChI=1S/C16H22N4O/c1-12-14(11-19-20-12)10-17-9-13-6-7-18-16(8-13)21-15-4-2-3-5-15/h6-8,11,15,17H,2-5,9-10H2,1H3,(H,19,20). The van der Waals surface area contributed by atoms with Crippen LogP contribution < -0.4 is 10.1 Å². The number of rotatable bonds is 6. The Hall–Kier alpha value is -1.88. The molecule has 0 unspecified atom stereocenters. The van der Waals surface area contributed by atoms with Gasteiger partial charge < -0.3 is 10.1 Å². The average Bonchev–Trinajstić information content (AvgIpc) is 3.12. The third kappa shape index (κ3) is 3.82. The van der Waals surface area contributed by atoms with Crippen molar-refractivity contribution < 1.29 is 4.74 Å². The number of aryl methyl sites for hydroxylation is 1. The highest BCUT2D eigenvalue weighted by atomic mass is 16.5. The molecule has 21 heavy (non-hydrogen) atoms. The van der Waals surface area contributed by atoms with Crippen molar-refractivity contribution in [2.45, 2.75) is 51.8 Å². The molecule has 1 aliphatic carbocycles. The van der Waals surface area contributed by atoms with E-state index in [9.17, 15) is 0 Å². The van der Waals surface area contributed by atoms with Crippen LogP contribution in [-0.2, 0) is 13.1 Å². The summed E-state index contributed by atoms with van der Waals surface area (Å²) in [5.74, 6) is 0.751. The largest absolute Gasteiger partial charge is 0.474 e. The summed E-state index contributed by atoms with van der Waals surface area (Å²) < 4.78 is 5.93. The Labute approximate surface area is 125 Å². The molecule has 1 aliphatic rings. The maximum Gasteiger partial charge on any atom is 0.213 e. The number of H-pyrrole nitrogens is 1. The van der Waals surface area contributed by atoms with Gasteiger partial charge in [-0.2, -0.15) is 5.10 Å². The Bertz CT molecular complexity index is 575. The van der Waals surface area contributed by atoms with Gasteiger partial charge in [-0.15, -0.1) is 0 Å². The van der Waals surface area contributed by atoms with E-state index in [-0.39, 0.29) is 0 Å². The average molecular weight is 286 g/mol. The summed E-state index contributed by atoms with van der Waals surface area (Å²) in [6.45, 7) is 3.64. The lowest BCUT2D eigenvalue weighted by Gasteiger charge is -2.12. The molecule has 0 bridgehead atoms. The van der Waals surface area contributed by atoms with Crippen molar-refractivity contribution >= 4 is 0 Å². The van der Waals surface area contributed by atoms with E-state index in [1.807, 2.05) is 31.5 Å². The molecule has 0 aliphatic heterocycles. The van der Waals surface area contributed by atoms with Crippen molar-refractivity contribution in [1.29, 1.82) is 0 Å². The number of pyridine rings is 1. The van der Waals surface area contributed by atoms with Crippen LogP contribution in [0.15, 0.2) is 24.5 Å². The topological polar surface area (TPSA) is 62.8 Å². The smallest absolute Gasteiger partial charge is 0.213 e. The lowest BCUT2D eigenvalue weighted by atomic mass is 10.2. The van der Waals surface area contributed by atoms with Gasteiger partial charge in [0.1, 0.15) is 6.10 Å². The molecule has 0 amide bonds. The number of aromatic amines is 1. The molecule has 0 atom stereocenters. The second-order valence-corrected chi connectivity index (χ2v) is 5.65. The molecular weight excluding hydrogens is 264 g/mol. The molecule has 112 valence electrons. The maximum absolute atomic E-state index is 5.93. The highest BCUT2D eigenvalue weighted by Crippen LogP contribution is 2.23. The van der Waals surface area contributed by atoms with Crippen LogP contribution in [0.25, 0.3) is 0 Å². The summed E-state index contributed by atoms with van der Waals surface area (Å²) >= 11 is 0. The third-order valence-electron chi connectivity index (χ3n) is 3.97. The predicted octanol–water partition coefficient (Wildman–Crippen LogP) is 2.72. The minimum Gasteiger partial charge on any atom is -0.474 e. The molecule has 1 saturated carbocycles. The molecule has 2 heterocycles. The van der Waals surface area contributed by atoms with Gasteiger partial charge in [0.05, 0.1) is 6.20 Å². The van der Waals surface area contributed by atoms with Gasteiger partial charge in [0.2, 0.25) is 5.88 Å². The zero-order valence-corrected chi connectivity index (χ0v) is 12.4. The van der Waals surface area contributed by atoms with Gasteiger partial charge in [0.25, 0.3) is 0 Å².